The maximum absolute atomic E-state index is 14.0. The van der Waals surface area contributed by atoms with Crippen molar-refractivity contribution in [1.29, 1.82) is 0 Å². The number of fused-ring (bicyclic) bond motifs is 1. The first-order chi connectivity index (χ1) is 9.52. The Labute approximate surface area is 122 Å². The van der Waals surface area contributed by atoms with Crippen molar-refractivity contribution in [3.8, 4) is 0 Å². The van der Waals surface area contributed by atoms with Gasteiger partial charge in [0.1, 0.15) is 5.82 Å². The van der Waals surface area contributed by atoms with Crippen molar-refractivity contribution in [2.45, 2.75) is 19.0 Å². The van der Waals surface area contributed by atoms with Gasteiger partial charge in [0.15, 0.2) is 15.0 Å². The first kappa shape index (κ1) is 13.9. The maximum atomic E-state index is 14.0. The molecular weight excluding hydrogens is 299 g/mol. The van der Waals surface area contributed by atoms with Crippen LogP contribution in [0.25, 0.3) is 0 Å². The molecule has 0 unspecified atom stereocenters. The second kappa shape index (κ2) is 5.04. The van der Waals surface area contributed by atoms with Crippen molar-refractivity contribution in [1.82, 2.24) is 0 Å². The summed E-state index contributed by atoms with van der Waals surface area (Å²) in [7, 11) is -3.08. The van der Waals surface area contributed by atoms with E-state index in [4.69, 9.17) is 0 Å². The molecule has 0 spiro atoms. The molecule has 0 aliphatic carbocycles. The standard InChI is InChI=1S/C13H15FN2O2S2/c1-2-19-13-15-10-7-20(17,18)8-12(10)16(13)11-6-4-3-5-9(11)14/h3-6,10,12H,2,7-8H2,1H3/t10-,12-/m1/s1. The predicted molar refractivity (Wildman–Crippen MR) is 80.7 cm³/mol. The number of rotatable bonds is 2. The number of thioether (sulfide) groups is 1. The van der Waals surface area contributed by atoms with Gasteiger partial charge >= 0.3 is 0 Å². The van der Waals surface area contributed by atoms with Crippen LogP contribution in [0.1, 0.15) is 6.92 Å². The summed E-state index contributed by atoms with van der Waals surface area (Å²) in [6.07, 6.45) is 0. The molecule has 0 N–H and O–H groups in total. The van der Waals surface area contributed by atoms with Gasteiger partial charge in [-0.25, -0.2) is 12.8 Å². The van der Waals surface area contributed by atoms with Crippen LogP contribution < -0.4 is 4.90 Å². The van der Waals surface area contributed by atoms with Crippen molar-refractivity contribution in [3.05, 3.63) is 30.1 Å². The minimum absolute atomic E-state index is 0.0449. The van der Waals surface area contributed by atoms with Crippen molar-refractivity contribution in [3.63, 3.8) is 0 Å². The van der Waals surface area contributed by atoms with Crippen LogP contribution in [-0.4, -0.2) is 42.9 Å². The number of sulfone groups is 1. The molecular formula is C13H15FN2O2S2. The number of aliphatic imine (C=N–C) groups is 1. The van der Waals surface area contributed by atoms with E-state index in [1.807, 2.05) is 6.92 Å². The molecule has 0 saturated carbocycles. The van der Waals surface area contributed by atoms with E-state index in [1.54, 1.807) is 23.1 Å². The van der Waals surface area contributed by atoms with E-state index in [9.17, 15) is 12.8 Å². The molecule has 0 radical (unpaired) electrons. The lowest BCUT2D eigenvalue weighted by molar-refractivity contribution is 0.600. The maximum Gasteiger partial charge on any atom is 0.164 e. The quantitative estimate of drug-likeness (QED) is 0.837. The largest absolute Gasteiger partial charge is 0.312 e. The van der Waals surface area contributed by atoms with Gasteiger partial charge in [0, 0.05) is 0 Å². The van der Waals surface area contributed by atoms with Gasteiger partial charge in [-0.1, -0.05) is 30.8 Å². The van der Waals surface area contributed by atoms with E-state index >= 15 is 0 Å². The van der Waals surface area contributed by atoms with Gasteiger partial charge < -0.3 is 4.90 Å². The van der Waals surface area contributed by atoms with Gasteiger partial charge in [-0.15, -0.1) is 0 Å². The molecule has 108 valence electrons. The fourth-order valence-electron chi connectivity index (χ4n) is 2.69. The Balaban J connectivity index is 2.03. The van der Waals surface area contributed by atoms with Crippen LogP contribution in [0.4, 0.5) is 10.1 Å². The van der Waals surface area contributed by atoms with Gasteiger partial charge in [-0.05, 0) is 17.9 Å². The van der Waals surface area contributed by atoms with Crippen LogP contribution >= 0.6 is 11.8 Å². The Kier molecular flexibility index (Phi) is 3.50. The summed E-state index contributed by atoms with van der Waals surface area (Å²) in [5.41, 5.74) is 0.414. The van der Waals surface area contributed by atoms with Crippen LogP contribution in [-0.2, 0) is 9.84 Å². The summed E-state index contributed by atoms with van der Waals surface area (Å²) >= 11 is 1.52. The molecule has 1 aromatic rings. The second-order valence-electron chi connectivity index (χ2n) is 4.88. The van der Waals surface area contributed by atoms with Gasteiger partial charge in [0.05, 0.1) is 29.3 Å². The second-order valence-corrected chi connectivity index (χ2v) is 8.26. The molecule has 2 aliphatic heterocycles. The molecule has 2 heterocycles. The highest BCUT2D eigenvalue weighted by Gasteiger charge is 2.47. The summed E-state index contributed by atoms with van der Waals surface area (Å²) in [6.45, 7) is 2.00. The molecule has 2 aliphatic rings. The minimum atomic E-state index is -3.08. The fourth-order valence-corrected chi connectivity index (χ4v) is 5.38. The lowest BCUT2D eigenvalue weighted by atomic mass is 10.1. The van der Waals surface area contributed by atoms with Crippen molar-refractivity contribution >= 4 is 32.5 Å². The van der Waals surface area contributed by atoms with Crippen LogP contribution in [0.15, 0.2) is 29.3 Å². The summed E-state index contributed by atoms with van der Waals surface area (Å²) in [5, 5.41) is 0.725. The van der Waals surface area contributed by atoms with Crippen molar-refractivity contribution in [2.75, 3.05) is 22.2 Å². The van der Waals surface area contributed by atoms with Crippen LogP contribution in [0, 0.1) is 5.82 Å². The van der Waals surface area contributed by atoms with E-state index in [2.05, 4.69) is 4.99 Å². The predicted octanol–water partition coefficient (Wildman–Crippen LogP) is 1.92. The Morgan fingerprint density at radius 3 is 2.85 bits per heavy atom. The normalized spacial score (nSPS) is 27.5. The zero-order valence-electron chi connectivity index (χ0n) is 11.0. The Bertz CT molecular complexity index is 660. The summed E-state index contributed by atoms with van der Waals surface area (Å²) < 4.78 is 37.6. The number of halogens is 1. The van der Waals surface area contributed by atoms with Crippen molar-refractivity contribution < 1.29 is 12.8 Å². The average molecular weight is 314 g/mol. The van der Waals surface area contributed by atoms with E-state index in [0.717, 1.165) is 10.9 Å². The molecule has 7 heteroatoms. The number of para-hydroxylation sites is 1. The highest BCUT2D eigenvalue weighted by Crippen LogP contribution is 2.35. The Morgan fingerprint density at radius 1 is 1.40 bits per heavy atom. The monoisotopic (exact) mass is 314 g/mol. The summed E-state index contributed by atoms with van der Waals surface area (Å²) in [4.78, 5) is 6.26. The first-order valence-corrected chi connectivity index (χ1v) is 9.27. The Morgan fingerprint density at radius 2 is 2.15 bits per heavy atom. The number of benzene rings is 1. The first-order valence-electron chi connectivity index (χ1n) is 6.46. The third-order valence-electron chi connectivity index (χ3n) is 3.49. The fraction of sp³-hybridized carbons (Fsp3) is 0.462. The lowest BCUT2D eigenvalue weighted by Crippen LogP contribution is -2.39. The molecule has 2 atom stereocenters. The number of amidine groups is 1. The third kappa shape index (κ3) is 2.33. The van der Waals surface area contributed by atoms with Crippen LogP contribution in [0.5, 0.6) is 0 Å². The highest BCUT2D eigenvalue weighted by molar-refractivity contribution is 8.14. The number of anilines is 1. The molecule has 4 nitrogen and oxygen atoms in total. The average Bonchev–Trinajstić information content (AvgIpc) is 2.82. The molecule has 0 aromatic heterocycles. The van der Waals surface area contributed by atoms with E-state index in [-0.39, 0.29) is 29.4 Å². The van der Waals surface area contributed by atoms with Gasteiger partial charge in [0.2, 0.25) is 0 Å². The molecule has 3 rings (SSSR count). The third-order valence-corrected chi connectivity index (χ3v) is 6.04. The number of nitrogens with zero attached hydrogens (tertiary/aromatic N) is 2. The van der Waals surface area contributed by atoms with Crippen LogP contribution in [0.2, 0.25) is 0 Å². The van der Waals surface area contributed by atoms with E-state index < -0.39 is 9.84 Å². The van der Waals surface area contributed by atoms with Crippen molar-refractivity contribution in [2.24, 2.45) is 4.99 Å². The lowest BCUT2D eigenvalue weighted by Gasteiger charge is -2.26. The van der Waals surface area contributed by atoms with Gasteiger partial charge in [-0.3, -0.25) is 4.99 Å². The zero-order chi connectivity index (χ0) is 14.3. The summed E-state index contributed by atoms with van der Waals surface area (Å²) in [5.74, 6) is 0.581. The van der Waals surface area contributed by atoms with Gasteiger partial charge in [0.25, 0.3) is 0 Å². The molecule has 1 saturated heterocycles. The Hall–Kier alpha value is -1.08. The molecule has 20 heavy (non-hydrogen) atoms. The van der Waals surface area contributed by atoms with Crippen LogP contribution in [0.3, 0.4) is 0 Å². The van der Waals surface area contributed by atoms with E-state index in [0.29, 0.717) is 5.69 Å². The molecule has 1 fully saturated rings. The van der Waals surface area contributed by atoms with E-state index in [1.165, 1.54) is 17.8 Å². The summed E-state index contributed by atoms with van der Waals surface area (Å²) in [6, 6.07) is 5.90. The molecule has 0 bridgehead atoms. The number of hydrogen-bond acceptors (Lipinski definition) is 5. The topological polar surface area (TPSA) is 49.7 Å². The SMILES string of the molecule is CCSC1=N[C@@H]2CS(=O)(=O)C[C@H]2N1c1ccccc1F. The molecule has 0 amide bonds. The number of hydrogen-bond donors (Lipinski definition) is 0. The highest BCUT2D eigenvalue weighted by atomic mass is 32.2. The zero-order valence-corrected chi connectivity index (χ0v) is 12.6. The minimum Gasteiger partial charge on any atom is -0.312 e. The molecule has 1 aromatic carbocycles. The van der Waals surface area contributed by atoms with Gasteiger partial charge in [-0.2, -0.15) is 0 Å². The smallest absolute Gasteiger partial charge is 0.164 e.